The molecule has 0 aliphatic carbocycles. The molecule has 2 aromatic rings. The van der Waals surface area contributed by atoms with E-state index in [1.54, 1.807) is 7.11 Å². The third-order valence-corrected chi connectivity index (χ3v) is 6.05. The number of thioether (sulfide) groups is 1. The molecule has 0 unspecified atom stereocenters. The van der Waals surface area contributed by atoms with E-state index >= 15 is 0 Å². The van der Waals surface area contributed by atoms with E-state index in [2.05, 4.69) is 82.1 Å². The largest absolute Gasteiger partial charge is 0.496 e. The van der Waals surface area contributed by atoms with Crippen LogP contribution in [0.15, 0.2) is 55.1 Å². The van der Waals surface area contributed by atoms with Gasteiger partial charge in [-0.1, -0.05) is 50.3 Å². The van der Waals surface area contributed by atoms with E-state index in [0.29, 0.717) is 5.92 Å². The molecule has 0 fully saturated rings. The quantitative estimate of drug-likeness (QED) is 0.404. The molecule has 1 aliphatic heterocycles. The molecule has 0 amide bonds. The molecule has 0 atom stereocenters. The van der Waals surface area contributed by atoms with Gasteiger partial charge in [-0.15, -0.1) is 6.58 Å². The smallest absolute Gasteiger partial charge is 0.126 e. The van der Waals surface area contributed by atoms with Crippen LogP contribution in [0, 0.1) is 0 Å². The Bertz CT molecular complexity index is 895. The Hall–Kier alpha value is -2.13. The first-order valence-electron chi connectivity index (χ1n) is 9.86. The van der Waals surface area contributed by atoms with Crippen LogP contribution in [0.25, 0.3) is 16.7 Å². The highest BCUT2D eigenvalue weighted by molar-refractivity contribution is 7.99. The summed E-state index contributed by atoms with van der Waals surface area (Å²) in [5.41, 5.74) is 7.43. The Morgan fingerprint density at radius 3 is 2.57 bits per heavy atom. The SMILES string of the molecule is C=CCSCC1=CC(C)(C)Nc2c1cccc2-c1cc(C(C)C)ccc1OC. The lowest BCUT2D eigenvalue weighted by molar-refractivity contribution is 0.416. The maximum atomic E-state index is 5.73. The summed E-state index contributed by atoms with van der Waals surface area (Å²) in [5, 5.41) is 3.76. The number of methoxy groups -OCH3 is 1. The number of anilines is 1. The molecule has 148 valence electrons. The fourth-order valence-corrected chi connectivity index (χ4v) is 4.46. The average Bonchev–Trinajstić information content (AvgIpc) is 2.66. The standard InChI is InChI=1S/C25H31NOS/c1-7-13-28-16-19-15-25(4,5)26-24-20(19)9-8-10-21(24)22-14-18(17(2)3)11-12-23(22)27-6/h7-12,14-15,17,26H,1,13,16H2,2-6H3. The molecule has 3 rings (SSSR count). The van der Waals surface area contributed by atoms with Crippen LogP contribution < -0.4 is 10.1 Å². The number of fused-ring (bicyclic) bond motifs is 1. The molecule has 28 heavy (non-hydrogen) atoms. The maximum absolute atomic E-state index is 5.73. The zero-order chi connectivity index (χ0) is 20.3. The molecule has 1 aliphatic rings. The van der Waals surface area contributed by atoms with Gasteiger partial charge in [0.05, 0.1) is 18.3 Å². The van der Waals surface area contributed by atoms with Crippen molar-refractivity contribution < 1.29 is 4.74 Å². The van der Waals surface area contributed by atoms with Crippen LogP contribution in [-0.2, 0) is 0 Å². The second kappa shape index (κ2) is 8.48. The van der Waals surface area contributed by atoms with Crippen molar-refractivity contribution in [2.24, 2.45) is 0 Å². The summed E-state index contributed by atoms with van der Waals surface area (Å²) in [5.74, 6) is 3.33. The average molecular weight is 394 g/mol. The van der Waals surface area contributed by atoms with E-state index in [-0.39, 0.29) is 5.54 Å². The highest BCUT2D eigenvalue weighted by Gasteiger charge is 2.27. The summed E-state index contributed by atoms with van der Waals surface area (Å²) in [6, 6.07) is 13.1. The van der Waals surface area contributed by atoms with Crippen LogP contribution in [0.2, 0.25) is 0 Å². The van der Waals surface area contributed by atoms with E-state index in [1.165, 1.54) is 28.0 Å². The van der Waals surface area contributed by atoms with E-state index < -0.39 is 0 Å². The molecule has 2 nitrogen and oxygen atoms in total. The molecule has 0 bridgehead atoms. The molecule has 2 aromatic carbocycles. The van der Waals surface area contributed by atoms with Crippen LogP contribution >= 0.6 is 11.8 Å². The Labute approximate surface area is 174 Å². The molecule has 0 saturated heterocycles. The number of para-hydroxylation sites is 1. The van der Waals surface area contributed by atoms with Crippen molar-refractivity contribution in [3.8, 4) is 16.9 Å². The van der Waals surface area contributed by atoms with Gasteiger partial charge in [0.25, 0.3) is 0 Å². The summed E-state index contributed by atoms with van der Waals surface area (Å²) < 4.78 is 5.73. The zero-order valence-electron chi connectivity index (χ0n) is 17.6. The van der Waals surface area contributed by atoms with Crippen LogP contribution in [0.5, 0.6) is 5.75 Å². The van der Waals surface area contributed by atoms with Gasteiger partial charge in [0, 0.05) is 28.2 Å². The van der Waals surface area contributed by atoms with Gasteiger partial charge in [0.1, 0.15) is 5.75 Å². The van der Waals surface area contributed by atoms with E-state index in [0.717, 1.165) is 22.8 Å². The van der Waals surface area contributed by atoms with Crippen LogP contribution in [0.3, 0.4) is 0 Å². The van der Waals surface area contributed by atoms with Gasteiger partial charge in [-0.05, 0) is 43.0 Å². The third-order valence-electron chi connectivity index (χ3n) is 5.07. The summed E-state index contributed by atoms with van der Waals surface area (Å²) in [4.78, 5) is 0. The fraction of sp³-hybridized carbons (Fsp3) is 0.360. The lowest BCUT2D eigenvalue weighted by Crippen LogP contribution is -2.32. The van der Waals surface area contributed by atoms with Gasteiger partial charge in [0.2, 0.25) is 0 Å². The van der Waals surface area contributed by atoms with Crippen molar-refractivity contribution in [3.63, 3.8) is 0 Å². The molecule has 1 heterocycles. The number of benzene rings is 2. The molecule has 0 radical (unpaired) electrons. The van der Waals surface area contributed by atoms with Crippen molar-refractivity contribution in [1.29, 1.82) is 0 Å². The summed E-state index contributed by atoms with van der Waals surface area (Å²) in [7, 11) is 1.75. The molecule has 3 heteroatoms. The number of hydrogen-bond donors (Lipinski definition) is 1. The Morgan fingerprint density at radius 2 is 1.89 bits per heavy atom. The minimum absolute atomic E-state index is 0.101. The first kappa shape index (κ1) is 20.6. The molecular formula is C25H31NOS. The first-order chi connectivity index (χ1) is 13.4. The third kappa shape index (κ3) is 4.30. The number of nitrogens with one attached hydrogen (secondary N) is 1. The summed E-state index contributed by atoms with van der Waals surface area (Å²) >= 11 is 1.90. The van der Waals surface area contributed by atoms with Crippen LogP contribution in [0.1, 0.15) is 44.7 Å². The monoisotopic (exact) mass is 393 g/mol. The minimum Gasteiger partial charge on any atom is -0.496 e. The van der Waals surface area contributed by atoms with E-state index in [4.69, 9.17) is 4.74 Å². The molecule has 0 spiro atoms. The fourth-order valence-electron chi connectivity index (χ4n) is 3.72. The molecule has 0 aromatic heterocycles. The topological polar surface area (TPSA) is 21.3 Å². The van der Waals surface area contributed by atoms with Crippen molar-refractivity contribution >= 4 is 23.0 Å². The van der Waals surface area contributed by atoms with Gasteiger partial charge in [-0.3, -0.25) is 0 Å². The second-order valence-corrected chi connectivity index (χ2v) is 9.19. The van der Waals surface area contributed by atoms with E-state index in [9.17, 15) is 0 Å². The van der Waals surface area contributed by atoms with Crippen LogP contribution in [0.4, 0.5) is 5.69 Å². The lowest BCUT2D eigenvalue weighted by atomic mass is 9.87. The maximum Gasteiger partial charge on any atom is 0.126 e. The summed E-state index contributed by atoms with van der Waals surface area (Å²) in [6.45, 7) is 12.8. The molecule has 1 N–H and O–H groups in total. The Kier molecular flexibility index (Phi) is 6.24. The van der Waals surface area contributed by atoms with Crippen molar-refractivity contribution in [2.75, 3.05) is 23.9 Å². The van der Waals surface area contributed by atoms with Gasteiger partial charge in [-0.25, -0.2) is 0 Å². The van der Waals surface area contributed by atoms with E-state index in [1.807, 2.05) is 17.8 Å². The number of ether oxygens (including phenoxy) is 1. The van der Waals surface area contributed by atoms with Crippen molar-refractivity contribution in [3.05, 3.63) is 66.3 Å². The first-order valence-corrected chi connectivity index (χ1v) is 11.0. The normalized spacial score (nSPS) is 14.9. The Balaban J connectivity index is 2.14. The summed E-state index contributed by atoms with van der Waals surface area (Å²) in [6.07, 6.45) is 4.33. The second-order valence-electron chi connectivity index (χ2n) is 8.16. The van der Waals surface area contributed by atoms with Gasteiger partial charge in [-0.2, -0.15) is 11.8 Å². The van der Waals surface area contributed by atoms with Gasteiger partial charge < -0.3 is 10.1 Å². The van der Waals surface area contributed by atoms with Crippen LogP contribution in [-0.4, -0.2) is 24.2 Å². The number of hydrogen-bond acceptors (Lipinski definition) is 3. The minimum atomic E-state index is -0.101. The number of rotatable bonds is 7. The highest BCUT2D eigenvalue weighted by Crippen LogP contribution is 2.44. The predicted molar refractivity (Wildman–Crippen MR) is 126 cm³/mol. The Morgan fingerprint density at radius 1 is 1.14 bits per heavy atom. The van der Waals surface area contributed by atoms with Gasteiger partial charge >= 0.3 is 0 Å². The van der Waals surface area contributed by atoms with Crippen molar-refractivity contribution in [1.82, 2.24) is 0 Å². The highest BCUT2D eigenvalue weighted by atomic mass is 32.2. The zero-order valence-corrected chi connectivity index (χ0v) is 18.5. The molecular weight excluding hydrogens is 362 g/mol. The predicted octanol–water partition coefficient (Wildman–Crippen LogP) is 6.99. The molecule has 0 saturated carbocycles. The lowest BCUT2D eigenvalue weighted by Gasteiger charge is -2.34. The van der Waals surface area contributed by atoms with Crippen molar-refractivity contribution in [2.45, 2.75) is 39.2 Å². The van der Waals surface area contributed by atoms with Gasteiger partial charge in [0.15, 0.2) is 0 Å².